The third-order valence-electron chi connectivity index (χ3n) is 2.65. The minimum atomic E-state index is -0.996. The Morgan fingerprint density at radius 3 is 2.71 bits per heavy atom. The van der Waals surface area contributed by atoms with Crippen LogP contribution < -0.4 is 4.74 Å². The van der Waals surface area contributed by atoms with Crippen LogP contribution in [0.3, 0.4) is 0 Å². The van der Waals surface area contributed by atoms with Gasteiger partial charge in [-0.3, -0.25) is 0 Å². The SMILES string of the molecule is COc1ccc(COCCOC(C)C)cc1C=CC(=O)O. The molecule has 0 bridgehead atoms. The highest BCUT2D eigenvalue weighted by molar-refractivity contribution is 5.85. The number of ether oxygens (including phenoxy) is 3. The van der Waals surface area contributed by atoms with E-state index >= 15 is 0 Å². The number of aliphatic carboxylic acids is 1. The first kappa shape index (κ1) is 17.2. The summed E-state index contributed by atoms with van der Waals surface area (Å²) >= 11 is 0. The average Bonchev–Trinajstić information content (AvgIpc) is 2.44. The van der Waals surface area contributed by atoms with Gasteiger partial charge in [0.2, 0.25) is 0 Å². The van der Waals surface area contributed by atoms with E-state index in [1.807, 2.05) is 26.0 Å². The molecule has 1 aromatic rings. The average molecular weight is 294 g/mol. The molecule has 0 radical (unpaired) electrons. The lowest BCUT2D eigenvalue weighted by molar-refractivity contribution is -0.131. The Balaban J connectivity index is 2.59. The minimum absolute atomic E-state index is 0.197. The lowest BCUT2D eigenvalue weighted by atomic mass is 10.1. The van der Waals surface area contributed by atoms with Crippen LogP contribution >= 0.6 is 0 Å². The highest BCUT2D eigenvalue weighted by atomic mass is 16.5. The summed E-state index contributed by atoms with van der Waals surface area (Å²) in [6, 6.07) is 5.53. The second-order valence-electron chi connectivity index (χ2n) is 4.72. The quantitative estimate of drug-likeness (QED) is 0.560. The van der Waals surface area contributed by atoms with Gasteiger partial charge in [0.15, 0.2) is 0 Å². The monoisotopic (exact) mass is 294 g/mol. The molecular weight excluding hydrogens is 272 g/mol. The predicted octanol–water partition coefficient (Wildman–Crippen LogP) is 2.73. The highest BCUT2D eigenvalue weighted by Crippen LogP contribution is 2.21. The third kappa shape index (κ3) is 6.92. The molecule has 0 aliphatic heterocycles. The zero-order valence-electron chi connectivity index (χ0n) is 12.7. The fourth-order valence-corrected chi connectivity index (χ4v) is 1.70. The van der Waals surface area contributed by atoms with Crippen molar-refractivity contribution in [1.29, 1.82) is 0 Å². The lowest BCUT2D eigenvalue weighted by Gasteiger charge is -2.10. The fraction of sp³-hybridized carbons (Fsp3) is 0.438. The van der Waals surface area contributed by atoms with E-state index in [-0.39, 0.29) is 6.10 Å². The second kappa shape index (κ2) is 9.15. The smallest absolute Gasteiger partial charge is 0.328 e. The van der Waals surface area contributed by atoms with Gasteiger partial charge in [0.05, 0.1) is 33.0 Å². The molecule has 0 spiro atoms. The Hall–Kier alpha value is -1.85. The van der Waals surface area contributed by atoms with Gasteiger partial charge in [-0.2, -0.15) is 0 Å². The molecule has 0 atom stereocenters. The molecule has 0 amide bonds. The molecule has 0 saturated heterocycles. The van der Waals surface area contributed by atoms with Gasteiger partial charge in [-0.15, -0.1) is 0 Å². The first-order valence-electron chi connectivity index (χ1n) is 6.80. The van der Waals surface area contributed by atoms with Crippen molar-refractivity contribution in [3.8, 4) is 5.75 Å². The van der Waals surface area contributed by atoms with Crippen LogP contribution in [0, 0.1) is 0 Å². The van der Waals surface area contributed by atoms with Crippen LogP contribution in [-0.4, -0.2) is 37.5 Å². The molecule has 0 aliphatic rings. The molecule has 0 saturated carbocycles. The van der Waals surface area contributed by atoms with E-state index in [0.29, 0.717) is 31.1 Å². The van der Waals surface area contributed by atoms with Crippen molar-refractivity contribution in [1.82, 2.24) is 0 Å². The number of carboxylic acid groups (broad SMARTS) is 1. The first-order valence-corrected chi connectivity index (χ1v) is 6.80. The van der Waals surface area contributed by atoms with Crippen molar-refractivity contribution >= 4 is 12.0 Å². The molecule has 0 aliphatic carbocycles. The fourth-order valence-electron chi connectivity index (χ4n) is 1.70. The maximum Gasteiger partial charge on any atom is 0.328 e. The minimum Gasteiger partial charge on any atom is -0.496 e. The molecule has 0 fully saturated rings. The summed E-state index contributed by atoms with van der Waals surface area (Å²) in [7, 11) is 1.55. The van der Waals surface area contributed by atoms with Crippen LogP contribution in [-0.2, 0) is 20.9 Å². The Morgan fingerprint density at radius 1 is 1.33 bits per heavy atom. The number of carboxylic acids is 1. The van der Waals surface area contributed by atoms with E-state index in [4.69, 9.17) is 19.3 Å². The lowest BCUT2D eigenvalue weighted by Crippen LogP contribution is -2.09. The van der Waals surface area contributed by atoms with Crippen LogP contribution in [0.1, 0.15) is 25.0 Å². The Bertz CT molecular complexity index is 480. The Morgan fingerprint density at radius 2 is 2.10 bits per heavy atom. The van der Waals surface area contributed by atoms with E-state index in [1.165, 1.54) is 6.08 Å². The highest BCUT2D eigenvalue weighted by Gasteiger charge is 2.03. The van der Waals surface area contributed by atoms with E-state index in [1.54, 1.807) is 13.2 Å². The Kier molecular flexibility index (Phi) is 7.50. The molecule has 0 unspecified atom stereocenters. The Labute approximate surface area is 125 Å². The van der Waals surface area contributed by atoms with Gasteiger partial charge in [-0.05, 0) is 37.6 Å². The summed E-state index contributed by atoms with van der Waals surface area (Å²) in [5, 5.41) is 8.69. The predicted molar refractivity (Wildman–Crippen MR) is 80.4 cm³/mol. The molecule has 5 heteroatoms. The van der Waals surface area contributed by atoms with Crippen LogP contribution in [0.15, 0.2) is 24.3 Å². The number of hydrogen-bond acceptors (Lipinski definition) is 4. The number of methoxy groups -OCH3 is 1. The van der Waals surface area contributed by atoms with Crippen LogP contribution in [0.5, 0.6) is 5.75 Å². The number of benzene rings is 1. The summed E-state index contributed by atoms with van der Waals surface area (Å²) in [5.41, 5.74) is 1.66. The van der Waals surface area contributed by atoms with Gasteiger partial charge >= 0.3 is 5.97 Å². The first-order chi connectivity index (χ1) is 10.0. The number of rotatable bonds is 9. The van der Waals surface area contributed by atoms with Crippen LogP contribution in [0.4, 0.5) is 0 Å². The zero-order chi connectivity index (χ0) is 15.7. The van der Waals surface area contributed by atoms with Crippen molar-refractivity contribution in [2.75, 3.05) is 20.3 Å². The van der Waals surface area contributed by atoms with Crippen LogP contribution in [0.25, 0.3) is 6.08 Å². The molecule has 5 nitrogen and oxygen atoms in total. The van der Waals surface area contributed by atoms with Gasteiger partial charge in [0.25, 0.3) is 0 Å². The molecular formula is C16H22O5. The molecule has 1 aromatic carbocycles. The summed E-state index contributed by atoms with van der Waals surface area (Å²) in [4.78, 5) is 10.6. The topological polar surface area (TPSA) is 65.0 Å². The van der Waals surface area contributed by atoms with Crippen molar-refractivity contribution in [3.05, 3.63) is 35.4 Å². The summed E-state index contributed by atoms with van der Waals surface area (Å²) in [6.45, 7) is 5.47. The third-order valence-corrected chi connectivity index (χ3v) is 2.65. The zero-order valence-corrected chi connectivity index (χ0v) is 12.7. The van der Waals surface area contributed by atoms with E-state index < -0.39 is 5.97 Å². The maximum absolute atomic E-state index is 10.6. The van der Waals surface area contributed by atoms with E-state index in [2.05, 4.69) is 0 Å². The van der Waals surface area contributed by atoms with Crippen molar-refractivity contribution in [2.24, 2.45) is 0 Å². The molecule has 0 aromatic heterocycles. The normalized spacial score (nSPS) is 11.2. The van der Waals surface area contributed by atoms with Crippen molar-refractivity contribution < 1.29 is 24.1 Å². The standard InChI is InChI=1S/C16H22O5/c1-12(2)21-9-8-20-11-13-4-6-15(19-3)14(10-13)5-7-16(17)18/h4-7,10,12H,8-9,11H2,1-3H3,(H,17,18). The molecule has 1 rings (SSSR count). The van der Waals surface area contributed by atoms with Gasteiger partial charge in [0.1, 0.15) is 5.75 Å². The van der Waals surface area contributed by atoms with Gasteiger partial charge < -0.3 is 19.3 Å². The molecule has 1 N–H and O–H groups in total. The largest absolute Gasteiger partial charge is 0.496 e. The van der Waals surface area contributed by atoms with E-state index in [0.717, 1.165) is 11.6 Å². The summed E-state index contributed by atoms with van der Waals surface area (Å²) in [5.74, 6) is -0.371. The maximum atomic E-state index is 10.6. The molecule has 21 heavy (non-hydrogen) atoms. The number of hydrogen-bond donors (Lipinski definition) is 1. The van der Waals surface area contributed by atoms with E-state index in [9.17, 15) is 4.79 Å². The van der Waals surface area contributed by atoms with Gasteiger partial charge in [-0.25, -0.2) is 4.79 Å². The molecule has 116 valence electrons. The second-order valence-corrected chi connectivity index (χ2v) is 4.72. The number of carbonyl (C=O) groups is 1. The van der Waals surface area contributed by atoms with Gasteiger partial charge in [-0.1, -0.05) is 6.07 Å². The van der Waals surface area contributed by atoms with Gasteiger partial charge in [0, 0.05) is 11.6 Å². The summed E-state index contributed by atoms with van der Waals surface area (Å²) in [6.07, 6.45) is 2.79. The van der Waals surface area contributed by atoms with Crippen LogP contribution in [0.2, 0.25) is 0 Å². The summed E-state index contributed by atoms with van der Waals surface area (Å²) < 4.78 is 16.1. The van der Waals surface area contributed by atoms with Crippen molar-refractivity contribution in [2.45, 2.75) is 26.6 Å². The molecule has 0 heterocycles. The van der Waals surface area contributed by atoms with Crippen molar-refractivity contribution in [3.63, 3.8) is 0 Å².